The van der Waals surface area contributed by atoms with E-state index < -0.39 is 11.7 Å². The second kappa shape index (κ2) is 18.8. The van der Waals surface area contributed by atoms with E-state index in [1.807, 2.05) is 0 Å². The first kappa shape index (κ1) is 26.5. The summed E-state index contributed by atoms with van der Waals surface area (Å²) in [6.07, 6.45) is 22.1. The van der Waals surface area contributed by atoms with Gasteiger partial charge in [0.05, 0.1) is 0 Å². The SMILES string of the molecule is CCCCCCCCCCCCCCCCCCP(=O)(Cl)CCC(=O)Cl. The van der Waals surface area contributed by atoms with E-state index in [0.717, 1.165) is 12.8 Å². The third-order valence-electron chi connectivity index (χ3n) is 4.99. The molecule has 2 nitrogen and oxygen atoms in total. The lowest BCUT2D eigenvalue weighted by Gasteiger charge is -2.09. The number of hydrogen-bond donors (Lipinski definition) is 0. The van der Waals surface area contributed by atoms with Crippen LogP contribution in [0.1, 0.15) is 116 Å². The fraction of sp³-hybridized carbons (Fsp3) is 0.952. The minimum Gasteiger partial charge on any atom is -0.307 e. The zero-order valence-electron chi connectivity index (χ0n) is 17.0. The summed E-state index contributed by atoms with van der Waals surface area (Å²) in [7, 11) is 0. The number of halogens is 2. The molecule has 0 aromatic rings. The molecule has 0 saturated carbocycles. The van der Waals surface area contributed by atoms with Crippen LogP contribution < -0.4 is 0 Å². The Morgan fingerprint density at radius 3 is 1.35 bits per heavy atom. The lowest BCUT2D eigenvalue weighted by atomic mass is 10.0. The zero-order valence-corrected chi connectivity index (χ0v) is 19.4. The number of hydrogen-bond acceptors (Lipinski definition) is 2. The van der Waals surface area contributed by atoms with E-state index in [-0.39, 0.29) is 12.6 Å². The van der Waals surface area contributed by atoms with E-state index in [4.69, 9.17) is 22.8 Å². The molecular weight excluding hydrogens is 386 g/mol. The topological polar surface area (TPSA) is 34.1 Å². The van der Waals surface area contributed by atoms with Gasteiger partial charge in [0, 0.05) is 18.7 Å². The number of carbonyl (C=O) groups is 1. The Hall–Kier alpha value is 0.480. The van der Waals surface area contributed by atoms with Crippen LogP contribution in [0.25, 0.3) is 0 Å². The third-order valence-corrected chi connectivity index (χ3v) is 8.07. The molecule has 0 aromatic heterocycles. The van der Waals surface area contributed by atoms with Crippen molar-refractivity contribution in [1.82, 2.24) is 0 Å². The standard InChI is InChI=1S/C21H41Cl2O2P/c1-2-3-4-5-6-7-8-9-10-11-12-13-14-15-16-17-19-26(23,25)20-18-21(22)24/h2-20H2,1H3. The van der Waals surface area contributed by atoms with Crippen molar-refractivity contribution >= 4 is 34.6 Å². The van der Waals surface area contributed by atoms with E-state index in [0.29, 0.717) is 6.16 Å². The summed E-state index contributed by atoms with van der Waals surface area (Å²) >= 11 is 11.3. The van der Waals surface area contributed by atoms with E-state index in [1.54, 1.807) is 0 Å². The van der Waals surface area contributed by atoms with Crippen LogP contribution in [0, 0.1) is 0 Å². The van der Waals surface area contributed by atoms with Crippen LogP contribution in [-0.2, 0) is 9.36 Å². The van der Waals surface area contributed by atoms with Gasteiger partial charge in [-0.2, -0.15) is 0 Å². The van der Waals surface area contributed by atoms with Crippen molar-refractivity contribution in [2.75, 3.05) is 12.3 Å². The predicted octanol–water partition coefficient (Wildman–Crippen LogP) is 8.92. The van der Waals surface area contributed by atoms with Gasteiger partial charge >= 0.3 is 0 Å². The molecule has 26 heavy (non-hydrogen) atoms. The molecule has 0 bridgehead atoms. The van der Waals surface area contributed by atoms with Gasteiger partial charge in [-0.3, -0.25) is 4.79 Å². The fourth-order valence-electron chi connectivity index (χ4n) is 3.26. The first-order valence-electron chi connectivity index (χ1n) is 10.9. The van der Waals surface area contributed by atoms with Gasteiger partial charge in [0.15, 0.2) is 6.49 Å². The Morgan fingerprint density at radius 1 is 0.654 bits per heavy atom. The molecule has 0 heterocycles. The first-order valence-corrected chi connectivity index (χ1v) is 14.3. The first-order chi connectivity index (χ1) is 12.5. The highest BCUT2D eigenvalue weighted by Gasteiger charge is 2.18. The largest absolute Gasteiger partial charge is 0.307 e. The molecule has 156 valence electrons. The van der Waals surface area contributed by atoms with Gasteiger partial charge in [-0.25, -0.2) is 0 Å². The third kappa shape index (κ3) is 20.8. The molecular formula is C21H41Cl2O2P. The molecule has 0 radical (unpaired) electrons. The molecule has 0 amide bonds. The smallest absolute Gasteiger partial charge is 0.222 e. The molecule has 0 spiro atoms. The van der Waals surface area contributed by atoms with E-state index in [9.17, 15) is 9.36 Å². The Labute approximate surface area is 172 Å². The monoisotopic (exact) mass is 426 g/mol. The van der Waals surface area contributed by atoms with Crippen molar-refractivity contribution in [2.24, 2.45) is 0 Å². The molecule has 1 unspecified atom stereocenters. The molecule has 0 aliphatic carbocycles. The van der Waals surface area contributed by atoms with Crippen LogP contribution in [0.5, 0.6) is 0 Å². The van der Waals surface area contributed by atoms with Gasteiger partial charge < -0.3 is 4.57 Å². The molecule has 1 atom stereocenters. The molecule has 5 heteroatoms. The van der Waals surface area contributed by atoms with Crippen molar-refractivity contribution in [3.8, 4) is 0 Å². The van der Waals surface area contributed by atoms with Gasteiger partial charge in [0.25, 0.3) is 0 Å². The molecule has 0 aliphatic rings. The molecule has 0 aromatic carbocycles. The Kier molecular flexibility index (Phi) is 19.2. The van der Waals surface area contributed by atoms with Crippen LogP contribution >= 0.6 is 29.3 Å². The van der Waals surface area contributed by atoms with Crippen LogP contribution in [0.2, 0.25) is 0 Å². The van der Waals surface area contributed by atoms with Gasteiger partial charge in [-0.05, 0) is 18.0 Å². The van der Waals surface area contributed by atoms with Crippen molar-refractivity contribution < 1.29 is 9.36 Å². The highest BCUT2D eigenvalue weighted by Crippen LogP contribution is 2.52. The maximum Gasteiger partial charge on any atom is 0.222 e. The molecule has 0 aliphatic heterocycles. The molecule has 0 rings (SSSR count). The Balaban J connectivity index is 3.22. The van der Waals surface area contributed by atoms with Gasteiger partial charge in [0.2, 0.25) is 5.24 Å². The summed E-state index contributed by atoms with van der Waals surface area (Å²) in [4.78, 5) is 10.7. The lowest BCUT2D eigenvalue weighted by molar-refractivity contribution is -0.111. The second-order valence-electron chi connectivity index (χ2n) is 7.65. The minimum absolute atomic E-state index is 0.126. The Bertz CT molecular complexity index is 375. The summed E-state index contributed by atoms with van der Waals surface area (Å²) < 4.78 is 12.0. The second-order valence-corrected chi connectivity index (χ2v) is 12.4. The summed E-state index contributed by atoms with van der Waals surface area (Å²) in [6.45, 7) is -0.397. The highest BCUT2D eigenvalue weighted by atomic mass is 35.7. The van der Waals surface area contributed by atoms with Gasteiger partial charge in [-0.1, -0.05) is 114 Å². The van der Waals surface area contributed by atoms with E-state index in [2.05, 4.69) is 6.92 Å². The summed E-state index contributed by atoms with van der Waals surface area (Å²) in [5, 5.41) is -0.446. The fourth-order valence-corrected chi connectivity index (χ4v) is 5.56. The average Bonchev–Trinajstić information content (AvgIpc) is 2.60. The predicted molar refractivity (Wildman–Crippen MR) is 118 cm³/mol. The van der Waals surface area contributed by atoms with Crippen molar-refractivity contribution in [3.05, 3.63) is 0 Å². The maximum absolute atomic E-state index is 12.0. The van der Waals surface area contributed by atoms with E-state index >= 15 is 0 Å². The van der Waals surface area contributed by atoms with Gasteiger partial charge in [-0.15, -0.1) is 0 Å². The normalized spacial score (nSPS) is 13.7. The summed E-state index contributed by atoms with van der Waals surface area (Å²) in [5.74, 6) is 0. The lowest BCUT2D eigenvalue weighted by Crippen LogP contribution is -1.95. The van der Waals surface area contributed by atoms with E-state index in [1.165, 1.54) is 89.9 Å². The maximum atomic E-state index is 12.0. The Morgan fingerprint density at radius 2 is 1.00 bits per heavy atom. The summed E-state index contributed by atoms with van der Waals surface area (Å²) in [5.41, 5.74) is 0. The van der Waals surface area contributed by atoms with Gasteiger partial charge in [0.1, 0.15) is 0 Å². The highest BCUT2D eigenvalue weighted by molar-refractivity contribution is 7.89. The summed E-state index contributed by atoms with van der Waals surface area (Å²) in [6, 6.07) is 0. The van der Waals surface area contributed by atoms with Crippen molar-refractivity contribution in [1.29, 1.82) is 0 Å². The quantitative estimate of drug-likeness (QED) is 0.110. The zero-order chi connectivity index (χ0) is 19.5. The minimum atomic E-state index is -2.67. The average molecular weight is 427 g/mol. The van der Waals surface area contributed by atoms with Crippen molar-refractivity contribution in [3.63, 3.8) is 0 Å². The number of unbranched alkanes of at least 4 members (excludes halogenated alkanes) is 15. The van der Waals surface area contributed by atoms with Crippen LogP contribution in [0.15, 0.2) is 0 Å². The van der Waals surface area contributed by atoms with Crippen LogP contribution in [0.3, 0.4) is 0 Å². The number of rotatable bonds is 20. The molecule has 0 N–H and O–H groups in total. The van der Waals surface area contributed by atoms with Crippen LogP contribution in [-0.4, -0.2) is 17.6 Å². The molecule has 0 saturated heterocycles. The number of carbonyl (C=O) groups excluding carboxylic acids is 1. The molecule has 0 fully saturated rings. The van der Waals surface area contributed by atoms with Crippen molar-refractivity contribution in [2.45, 2.75) is 116 Å². The van der Waals surface area contributed by atoms with Crippen LogP contribution in [0.4, 0.5) is 0 Å².